The van der Waals surface area contributed by atoms with Crippen LogP contribution in [0.25, 0.3) is 0 Å². The second-order valence-electron chi connectivity index (χ2n) is 3.52. The van der Waals surface area contributed by atoms with Gasteiger partial charge in [-0.15, -0.1) is 11.3 Å². The molecule has 1 unspecified atom stereocenters. The average molecular weight is 258 g/mol. The van der Waals surface area contributed by atoms with E-state index in [0.29, 0.717) is 17.8 Å². The summed E-state index contributed by atoms with van der Waals surface area (Å²) in [4.78, 5) is 4.03. The van der Waals surface area contributed by atoms with Crippen LogP contribution in [0, 0.1) is 17.5 Å². The van der Waals surface area contributed by atoms with E-state index in [-0.39, 0.29) is 11.7 Å². The van der Waals surface area contributed by atoms with Gasteiger partial charge in [0, 0.05) is 17.5 Å². The van der Waals surface area contributed by atoms with Crippen molar-refractivity contribution in [2.24, 2.45) is 0 Å². The Bertz CT molecular complexity index is 490. The minimum atomic E-state index is -0.954. The lowest BCUT2D eigenvalue weighted by molar-refractivity contribution is 0.545. The van der Waals surface area contributed by atoms with E-state index in [4.69, 9.17) is 0 Å². The zero-order chi connectivity index (χ0) is 12.4. The molecule has 1 aromatic carbocycles. The normalized spacial score (nSPS) is 12.5. The molecule has 0 aliphatic carbocycles. The summed E-state index contributed by atoms with van der Waals surface area (Å²) in [6.07, 6.45) is 0. The van der Waals surface area contributed by atoms with E-state index in [1.54, 1.807) is 17.8 Å². The number of rotatable bonds is 3. The number of hydrogen-bond donors (Lipinski definition) is 1. The number of benzene rings is 1. The van der Waals surface area contributed by atoms with Crippen LogP contribution in [-0.2, 0) is 0 Å². The first kappa shape index (κ1) is 11.9. The maximum Gasteiger partial charge on any atom is 0.152 e. The molecule has 0 saturated carbocycles. The summed E-state index contributed by atoms with van der Waals surface area (Å²) in [6, 6.07) is 0.925. The third kappa shape index (κ3) is 2.58. The highest BCUT2D eigenvalue weighted by molar-refractivity contribution is 7.07. The van der Waals surface area contributed by atoms with Crippen LogP contribution in [0.15, 0.2) is 23.0 Å². The minimum Gasteiger partial charge on any atom is -0.372 e. The van der Waals surface area contributed by atoms with Gasteiger partial charge in [-0.05, 0) is 6.92 Å². The zero-order valence-electron chi connectivity index (χ0n) is 8.88. The standard InChI is InChI=1S/C11H9F3N2S/c1-6(10-4-17-5-15-10)16-11-8(13)2-7(12)3-9(11)14/h2-6,16H,1H3. The topological polar surface area (TPSA) is 24.9 Å². The van der Waals surface area contributed by atoms with Gasteiger partial charge in [0.25, 0.3) is 0 Å². The molecule has 1 N–H and O–H groups in total. The number of nitrogens with zero attached hydrogens (tertiary/aromatic N) is 1. The summed E-state index contributed by atoms with van der Waals surface area (Å²) in [5.41, 5.74) is 1.97. The van der Waals surface area contributed by atoms with Gasteiger partial charge in [0.15, 0.2) is 11.6 Å². The highest BCUT2D eigenvalue weighted by Gasteiger charge is 2.15. The van der Waals surface area contributed by atoms with Crippen molar-refractivity contribution in [2.45, 2.75) is 13.0 Å². The number of thiazole rings is 1. The Labute approximate surface area is 100 Å². The highest BCUT2D eigenvalue weighted by Crippen LogP contribution is 2.25. The lowest BCUT2D eigenvalue weighted by atomic mass is 10.2. The van der Waals surface area contributed by atoms with Crippen molar-refractivity contribution in [3.8, 4) is 0 Å². The third-order valence-corrected chi connectivity index (χ3v) is 2.87. The quantitative estimate of drug-likeness (QED) is 0.907. The smallest absolute Gasteiger partial charge is 0.152 e. The lowest BCUT2D eigenvalue weighted by Crippen LogP contribution is -2.10. The second-order valence-corrected chi connectivity index (χ2v) is 4.24. The predicted octanol–water partition coefficient (Wildman–Crippen LogP) is 3.73. The van der Waals surface area contributed by atoms with Gasteiger partial charge < -0.3 is 5.32 Å². The fourth-order valence-corrected chi connectivity index (χ4v) is 2.05. The Kier molecular flexibility index (Phi) is 3.33. The van der Waals surface area contributed by atoms with Crippen molar-refractivity contribution in [2.75, 3.05) is 5.32 Å². The molecule has 2 rings (SSSR count). The van der Waals surface area contributed by atoms with Crippen molar-refractivity contribution >= 4 is 17.0 Å². The van der Waals surface area contributed by atoms with E-state index in [1.165, 1.54) is 11.3 Å². The SMILES string of the molecule is CC(Nc1c(F)cc(F)cc1F)c1cscn1. The molecular formula is C11H9F3N2S. The van der Waals surface area contributed by atoms with E-state index in [2.05, 4.69) is 10.3 Å². The monoisotopic (exact) mass is 258 g/mol. The molecule has 0 aliphatic rings. The van der Waals surface area contributed by atoms with Gasteiger partial charge in [-0.25, -0.2) is 18.2 Å². The van der Waals surface area contributed by atoms with Crippen molar-refractivity contribution in [1.82, 2.24) is 4.98 Å². The van der Waals surface area contributed by atoms with Crippen LogP contribution in [0.4, 0.5) is 18.9 Å². The maximum atomic E-state index is 13.4. The Morgan fingerprint density at radius 3 is 2.41 bits per heavy atom. The summed E-state index contributed by atoms with van der Waals surface area (Å²) in [5, 5.41) is 4.41. The van der Waals surface area contributed by atoms with Gasteiger partial charge in [-0.1, -0.05) is 0 Å². The van der Waals surface area contributed by atoms with E-state index in [0.717, 1.165) is 0 Å². The van der Waals surface area contributed by atoms with Gasteiger partial charge in [-0.2, -0.15) is 0 Å². The van der Waals surface area contributed by atoms with E-state index >= 15 is 0 Å². The molecule has 1 atom stereocenters. The van der Waals surface area contributed by atoms with Gasteiger partial charge in [0.2, 0.25) is 0 Å². The van der Waals surface area contributed by atoms with Gasteiger partial charge in [0.1, 0.15) is 11.5 Å². The Hall–Kier alpha value is -1.56. The number of hydrogen-bond acceptors (Lipinski definition) is 3. The van der Waals surface area contributed by atoms with Crippen molar-refractivity contribution in [1.29, 1.82) is 0 Å². The Morgan fingerprint density at radius 1 is 1.24 bits per heavy atom. The molecule has 0 amide bonds. The Balaban J connectivity index is 2.25. The van der Waals surface area contributed by atoms with E-state index < -0.39 is 17.5 Å². The predicted molar refractivity (Wildman–Crippen MR) is 60.5 cm³/mol. The van der Waals surface area contributed by atoms with Gasteiger partial charge in [0.05, 0.1) is 17.2 Å². The first-order chi connectivity index (χ1) is 8.08. The van der Waals surface area contributed by atoms with E-state index in [1.807, 2.05) is 0 Å². The first-order valence-electron chi connectivity index (χ1n) is 4.87. The summed E-state index contributed by atoms with van der Waals surface area (Å²) >= 11 is 1.39. The number of nitrogens with one attached hydrogen (secondary N) is 1. The van der Waals surface area contributed by atoms with Gasteiger partial charge >= 0.3 is 0 Å². The molecule has 0 spiro atoms. The van der Waals surface area contributed by atoms with Crippen LogP contribution < -0.4 is 5.32 Å². The molecule has 1 heterocycles. The molecule has 6 heteroatoms. The molecule has 0 fully saturated rings. The van der Waals surface area contributed by atoms with Gasteiger partial charge in [-0.3, -0.25) is 0 Å². The molecule has 0 radical (unpaired) electrons. The largest absolute Gasteiger partial charge is 0.372 e. The zero-order valence-corrected chi connectivity index (χ0v) is 9.69. The van der Waals surface area contributed by atoms with Crippen LogP contribution in [-0.4, -0.2) is 4.98 Å². The molecule has 2 aromatic rings. The fraction of sp³-hybridized carbons (Fsp3) is 0.182. The second kappa shape index (κ2) is 4.75. The van der Waals surface area contributed by atoms with Crippen LogP contribution >= 0.6 is 11.3 Å². The van der Waals surface area contributed by atoms with E-state index in [9.17, 15) is 13.2 Å². The van der Waals surface area contributed by atoms with Crippen LogP contribution in [0.1, 0.15) is 18.7 Å². The summed E-state index contributed by atoms with van der Waals surface area (Å²) in [5.74, 6) is -2.85. The van der Waals surface area contributed by atoms with Crippen molar-refractivity contribution in [3.05, 3.63) is 46.2 Å². The molecule has 90 valence electrons. The van der Waals surface area contributed by atoms with Crippen LogP contribution in [0.3, 0.4) is 0 Å². The molecular weight excluding hydrogens is 249 g/mol. The number of anilines is 1. The summed E-state index contributed by atoms with van der Waals surface area (Å²) in [7, 11) is 0. The Morgan fingerprint density at radius 2 is 1.88 bits per heavy atom. The van der Waals surface area contributed by atoms with Crippen LogP contribution in [0.2, 0.25) is 0 Å². The molecule has 1 aromatic heterocycles. The maximum absolute atomic E-state index is 13.4. The first-order valence-corrected chi connectivity index (χ1v) is 5.81. The average Bonchev–Trinajstić information content (AvgIpc) is 2.76. The summed E-state index contributed by atoms with van der Waals surface area (Å²) < 4.78 is 39.4. The minimum absolute atomic E-state index is 0.341. The molecule has 0 saturated heterocycles. The fourth-order valence-electron chi connectivity index (χ4n) is 1.41. The number of aromatic nitrogens is 1. The molecule has 0 aliphatic heterocycles. The third-order valence-electron chi connectivity index (χ3n) is 2.26. The number of halogens is 3. The molecule has 0 bridgehead atoms. The highest BCUT2D eigenvalue weighted by atomic mass is 32.1. The molecule has 17 heavy (non-hydrogen) atoms. The lowest BCUT2D eigenvalue weighted by Gasteiger charge is -2.14. The van der Waals surface area contributed by atoms with Crippen molar-refractivity contribution < 1.29 is 13.2 Å². The van der Waals surface area contributed by atoms with Crippen LogP contribution in [0.5, 0.6) is 0 Å². The van der Waals surface area contributed by atoms with Crippen molar-refractivity contribution in [3.63, 3.8) is 0 Å². The molecule has 2 nitrogen and oxygen atoms in total. The summed E-state index contributed by atoms with van der Waals surface area (Å²) in [6.45, 7) is 1.72.